The maximum atomic E-state index is 2.58. The fourth-order valence-electron chi connectivity index (χ4n) is 4.29. The molecule has 0 aromatic heterocycles. The van der Waals surface area contributed by atoms with E-state index in [1.165, 1.54) is 57.8 Å². The first-order valence-electron chi connectivity index (χ1n) is 7.60. The third-order valence-corrected chi connectivity index (χ3v) is 5.65. The molecule has 2 aliphatic carbocycles. The zero-order valence-electron chi connectivity index (χ0n) is 11.6. The van der Waals surface area contributed by atoms with Crippen LogP contribution in [0.5, 0.6) is 0 Å². The van der Waals surface area contributed by atoms with E-state index in [4.69, 9.17) is 0 Å². The molecule has 2 fully saturated rings. The SMILES string of the molecule is CC1CCCC(C(C)(C)C2CCCCC2)C1. The molecule has 2 atom stereocenters. The third kappa shape index (κ3) is 2.63. The standard InChI is InChI=1S/C16H30/c1-13-8-7-11-15(12-13)16(2,3)14-9-5-4-6-10-14/h13-15H,4-12H2,1-3H3. The molecule has 0 aromatic rings. The van der Waals surface area contributed by atoms with E-state index in [1.807, 2.05) is 0 Å². The van der Waals surface area contributed by atoms with Crippen LogP contribution in [0.1, 0.15) is 78.6 Å². The molecule has 0 bridgehead atoms. The quantitative estimate of drug-likeness (QED) is 0.585. The summed E-state index contributed by atoms with van der Waals surface area (Å²) >= 11 is 0. The molecule has 0 heteroatoms. The van der Waals surface area contributed by atoms with E-state index in [2.05, 4.69) is 20.8 Å². The minimum atomic E-state index is 0.620. The van der Waals surface area contributed by atoms with Crippen molar-refractivity contribution in [3.05, 3.63) is 0 Å². The summed E-state index contributed by atoms with van der Waals surface area (Å²) < 4.78 is 0. The van der Waals surface area contributed by atoms with E-state index in [9.17, 15) is 0 Å². The molecule has 2 rings (SSSR count). The van der Waals surface area contributed by atoms with E-state index in [0.717, 1.165) is 17.8 Å². The van der Waals surface area contributed by atoms with Crippen LogP contribution < -0.4 is 0 Å². The minimum Gasteiger partial charge on any atom is -0.0625 e. The molecule has 0 amide bonds. The molecule has 0 heterocycles. The van der Waals surface area contributed by atoms with E-state index < -0.39 is 0 Å². The summed E-state index contributed by atoms with van der Waals surface area (Å²) in [6, 6.07) is 0. The highest BCUT2D eigenvalue weighted by atomic mass is 14.4. The average Bonchev–Trinajstić information content (AvgIpc) is 2.30. The number of hydrogen-bond donors (Lipinski definition) is 0. The molecule has 0 aromatic carbocycles. The first-order valence-corrected chi connectivity index (χ1v) is 7.60. The van der Waals surface area contributed by atoms with Crippen LogP contribution in [0.3, 0.4) is 0 Å². The second kappa shape index (κ2) is 5.10. The monoisotopic (exact) mass is 222 g/mol. The van der Waals surface area contributed by atoms with Crippen molar-refractivity contribution in [2.45, 2.75) is 78.6 Å². The Morgan fingerprint density at radius 2 is 1.38 bits per heavy atom. The number of rotatable bonds is 2. The van der Waals surface area contributed by atoms with Crippen LogP contribution in [0.15, 0.2) is 0 Å². The van der Waals surface area contributed by atoms with Gasteiger partial charge >= 0.3 is 0 Å². The zero-order chi connectivity index (χ0) is 11.6. The van der Waals surface area contributed by atoms with Gasteiger partial charge in [-0.2, -0.15) is 0 Å². The molecule has 0 saturated heterocycles. The molecular weight excluding hydrogens is 192 g/mol. The van der Waals surface area contributed by atoms with Gasteiger partial charge in [-0.3, -0.25) is 0 Å². The van der Waals surface area contributed by atoms with Crippen molar-refractivity contribution < 1.29 is 0 Å². The van der Waals surface area contributed by atoms with Gasteiger partial charge < -0.3 is 0 Å². The summed E-state index contributed by atoms with van der Waals surface area (Å²) in [5, 5.41) is 0. The largest absolute Gasteiger partial charge is 0.0625 e. The van der Waals surface area contributed by atoms with E-state index in [-0.39, 0.29) is 0 Å². The Morgan fingerprint density at radius 3 is 2.00 bits per heavy atom. The highest BCUT2D eigenvalue weighted by Gasteiger charge is 2.38. The predicted octanol–water partition coefficient (Wildman–Crippen LogP) is 5.42. The Morgan fingerprint density at radius 1 is 0.750 bits per heavy atom. The molecular formula is C16H30. The normalized spacial score (nSPS) is 33.9. The Balaban J connectivity index is 1.98. The lowest BCUT2D eigenvalue weighted by Crippen LogP contribution is -2.36. The van der Waals surface area contributed by atoms with Gasteiger partial charge in [0.25, 0.3) is 0 Å². The van der Waals surface area contributed by atoms with Crippen molar-refractivity contribution in [1.82, 2.24) is 0 Å². The van der Waals surface area contributed by atoms with Crippen LogP contribution in [-0.2, 0) is 0 Å². The molecule has 2 aliphatic rings. The van der Waals surface area contributed by atoms with Crippen molar-refractivity contribution in [3.63, 3.8) is 0 Å². The van der Waals surface area contributed by atoms with Gasteiger partial charge in [-0.25, -0.2) is 0 Å². The van der Waals surface area contributed by atoms with E-state index >= 15 is 0 Å². The first kappa shape index (κ1) is 12.5. The second-order valence-electron chi connectivity index (χ2n) is 7.13. The third-order valence-electron chi connectivity index (χ3n) is 5.65. The highest BCUT2D eigenvalue weighted by Crippen LogP contribution is 2.49. The highest BCUT2D eigenvalue weighted by molar-refractivity contribution is 4.89. The fourth-order valence-corrected chi connectivity index (χ4v) is 4.29. The van der Waals surface area contributed by atoms with Crippen molar-refractivity contribution in [2.75, 3.05) is 0 Å². The second-order valence-corrected chi connectivity index (χ2v) is 7.13. The summed E-state index contributed by atoms with van der Waals surface area (Å²) in [6.07, 6.45) is 13.5. The maximum Gasteiger partial charge on any atom is -0.0297 e. The van der Waals surface area contributed by atoms with E-state index in [0.29, 0.717) is 5.41 Å². The van der Waals surface area contributed by atoms with Crippen LogP contribution >= 0.6 is 0 Å². The Hall–Kier alpha value is 0. The Labute approximate surface area is 102 Å². The van der Waals surface area contributed by atoms with E-state index in [1.54, 1.807) is 0 Å². The summed E-state index contributed by atoms with van der Waals surface area (Å²) in [5.74, 6) is 3.03. The molecule has 94 valence electrons. The molecule has 0 nitrogen and oxygen atoms in total. The summed E-state index contributed by atoms with van der Waals surface area (Å²) in [7, 11) is 0. The van der Waals surface area contributed by atoms with Gasteiger partial charge in [0, 0.05) is 0 Å². The van der Waals surface area contributed by atoms with Gasteiger partial charge in [-0.1, -0.05) is 52.9 Å². The molecule has 0 N–H and O–H groups in total. The summed E-state index contributed by atoms with van der Waals surface area (Å²) in [5.41, 5.74) is 0.620. The molecule has 0 radical (unpaired) electrons. The molecule has 2 saturated carbocycles. The van der Waals surface area contributed by atoms with Crippen LogP contribution in [0.25, 0.3) is 0 Å². The summed E-state index contributed by atoms with van der Waals surface area (Å²) in [6.45, 7) is 7.61. The molecule has 0 aliphatic heterocycles. The van der Waals surface area contributed by atoms with Gasteiger partial charge in [-0.15, -0.1) is 0 Å². The number of hydrogen-bond acceptors (Lipinski definition) is 0. The van der Waals surface area contributed by atoms with Crippen molar-refractivity contribution in [3.8, 4) is 0 Å². The topological polar surface area (TPSA) is 0 Å². The molecule has 16 heavy (non-hydrogen) atoms. The van der Waals surface area contributed by atoms with Gasteiger partial charge in [0.15, 0.2) is 0 Å². The van der Waals surface area contributed by atoms with Gasteiger partial charge in [-0.05, 0) is 48.9 Å². The Bertz CT molecular complexity index is 210. The molecule has 0 spiro atoms. The van der Waals surface area contributed by atoms with Crippen molar-refractivity contribution in [2.24, 2.45) is 23.2 Å². The minimum absolute atomic E-state index is 0.620. The predicted molar refractivity (Wildman–Crippen MR) is 71.5 cm³/mol. The lowest BCUT2D eigenvalue weighted by Gasteiger charge is -2.46. The lowest BCUT2D eigenvalue weighted by atomic mass is 9.60. The van der Waals surface area contributed by atoms with Gasteiger partial charge in [0.05, 0.1) is 0 Å². The zero-order valence-corrected chi connectivity index (χ0v) is 11.6. The Kier molecular flexibility index (Phi) is 3.97. The van der Waals surface area contributed by atoms with Gasteiger partial charge in [0.1, 0.15) is 0 Å². The maximum absolute atomic E-state index is 2.58. The first-order chi connectivity index (χ1) is 7.60. The van der Waals surface area contributed by atoms with Gasteiger partial charge in [0.2, 0.25) is 0 Å². The van der Waals surface area contributed by atoms with Crippen LogP contribution in [0.4, 0.5) is 0 Å². The van der Waals surface area contributed by atoms with Crippen molar-refractivity contribution >= 4 is 0 Å². The fraction of sp³-hybridized carbons (Fsp3) is 1.00. The average molecular weight is 222 g/mol. The van der Waals surface area contributed by atoms with Crippen molar-refractivity contribution in [1.29, 1.82) is 0 Å². The van der Waals surface area contributed by atoms with Crippen LogP contribution in [0.2, 0.25) is 0 Å². The smallest absolute Gasteiger partial charge is 0.0297 e. The molecule has 2 unspecified atom stereocenters. The van der Waals surface area contributed by atoms with Crippen LogP contribution in [0, 0.1) is 23.2 Å². The summed E-state index contributed by atoms with van der Waals surface area (Å²) in [4.78, 5) is 0. The van der Waals surface area contributed by atoms with Crippen LogP contribution in [-0.4, -0.2) is 0 Å². The lowest BCUT2D eigenvalue weighted by molar-refractivity contribution is 0.0458.